The van der Waals surface area contributed by atoms with Crippen LogP contribution in [0.15, 0.2) is 48.5 Å². The molecule has 176 valence electrons. The van der Waals surface area contributed by atoms with Gasteiger partial charge in [-0.3, -0.25) is 14.5 Å². The van der Waals surface area contributed by atoms with Crippen LogP contribution in [-0.4, -0.2) is 23.3 Å². The first-order valence-electron chi connectivity index (χ1n) is 11.8. The van der Waals surface area contributed by atoms with E-state index in [0.29, 0.717) is 25.2 Å². The van der Waals surface area contributed by atoms with Crippen LogP contribution in [0, 0.1) is 5.92 Å². The molecule has 4 rings (SSSR count). The molecule has 2 aromatic rings. The Kier molecular flexibility index (Phi) is 6.82. The van der Waals surface area contributed by atoms with E-state index in [0.717, 1.165) is 36.8 Å². The lowest BCUT2D eigenvalue weighted by Crippen LogP contribution is -2.40. The van der Waals surface area contributed by atoms with Crippen molar-refractivity contribution >= 4 is 11.8 Å². The van der Waals surface area contributed by atoms with E-state index in [1.165, 1.54) is 24.0 Å². The smallest absolute Gasteiger partial charge is 0.263 e. The zero-order chi connectivity index (χ0) is 23.6. The van der Waals surface area contributed by atoms with Crippen LogP contribution in [0.5, 0.6) is 5.75 Å². The van der Waals surface area contributed by atoms with Crippen molar-refractivity contribution in [1.29, 1.82) is 0 Å². The molecule has 0 radical (unpaired) electrons. The highest BCUT2D eigenvalue weighted by atomic mass is 19.3. The van der Waals surface area contributed by atoms with Gasteiger partial charge < -0.3 is 4.74 Å². The summed E-state index contributed by atoms with van der Waals surface area (Å²) in [4.78, 5) is 27.1. The van der Waals surface area contributed by atoms with Crippen molar-refractivity contribution < 1.29 is 23.1 Å². The molecule has 0 aromatic heterocycles. The Labute approximate surface area is 193 Å². The highest BCUT2D eigenvalue weighted by Crippen LogP contribution is 2.50. The van der Waals surface area contributed by atoms with Gasteiger partial charge >= 0.3 is 0 Å². The van der Waals surface area contributed by atoms with Gasteiger partial charge in [0.25, 0.3) is 6.43 Å². The molecule has 1 atom stereocenters. The monoisotopic (exact) mass is 455 g/mol. The fourth-order valence-corrected chi connectivity index (χ4v) is 5.53. The number of carbonyl (C=O) groups excluding carboxylic acids is 2. The summed E-state index contributed by atoms with van der Waals surface area (Å²) in [6, 6.07) is 14.2. The minimum atomic E-state index is -2.51. The van der Waals surface area contributed by atoms with Crippen molar-refractivity contribution in [2.45, 2.75) is 70.3 Å². The van der Waals surface area contributed by atoms with E-state index in [-0.39, 0.29) is 34.8 Å². The third-order valence-corrected chi connectivity index (χ3v) is 7.35. The van der Waals surface area contributed by atoms with Crippen molar-refractivity contribution in [2.75, 3.05) is 6.61 Å². The Morgan fingerprint density at radius 2 is 1.79 bits per heavy atom. The number of alkyl halides is 2. The molecule has 2 aromatic carbocycles. The minimum absolute atomic E-state index is 0.0155. The predicted molar refractivity (Wildman–Crippen MR) is 122 cm³/mol. The molecule has 1 fully saturated rings. The third-order valence-electron chi connectivity index (χ3n) is 7.35. The number of hydrogen-bond acceptors (Lipinski definition) is 3. The average molecular weight is 456 g/mol. The topological polar surface area (TPSA) is 46.6 Å². The average Bonchev–Trinajstić information content (AvgIpc) is 3.16. The van der Waals surface area contributed by atoms with Crippen LogP contribution in [0.3, 0.4) is 0 Å². The Morgan fingerprint density at radius 1 is 1.09 bits per heavy atom. The van der Waals surface area contributed by atoms with Crippen molar-refractivity contribution in [3.63, 3.8) is 0 Å². The molecule has 1 saturated carbocycles. The number of rotatable bonds is 6. The first-order valence-corrected chi connectivity index (χ1v) is 11.8. The van der Waals surface area contributed by atoms with E-state index in [4.69, 9.17) is 4.74 Å². The summed E-state index contributed by atoms with van der Waals surface area (Å²) in [5.41, 5.74) is 1.80. The fraction of sp³-hybridized carbons (Fsp3) is 0.481. The number of amides is 2. The molecule has 0 saturated heterocycles. The van der Waals surface area contributed by atoms with Gasteiger partial charge in [0.1, 0.15) is 5.75 Å². The van der Waals surface area contributed by atoms with Gasteiger partial charge in [0.2, 0.25) is 11.8 Å². The summed E-state index contributed by atoms with van der Waals surface area (Å²) < 4.78 is 31.9. The highest BCUT2D eigenvalue weighted by Gasteiger charge is 2.44. The number of hydrogen-bond donors (Lipinski definition) is 0. The number of carbonyl (C=O) groups is 2. The normalized spacial score (nSPS) is 22.6. The van der Waals surface area contributed by atoms with E-state index in [1.54, 1.807) is 6.07 Å². The second-order valence-electron chi connectivity index (χ2n) is 9.39. The lowest BCUT2D eigenvalue weighted by atomic mass is 9.67. The Bertz CT molecular complexity index is 1000. The molecule has 1 heterocycles. The molecule has 2 amide bonds. The Morgan fingerprint density at radius 3 is 2.39 bits per heavy atom. The van der Waals surface area contributed by atoms with Crippen molar-refractivity contribution in [3.05, 3.63) is 65.2 Å². The van der Waals surface area contributed by atoms with Crippen LogP contribution >= 0.6 is 0 Å². The van der Waals surface area contributed by atoms with Crippen LogP contribution in [0.4, 0.5) is 8.78 Å². The van der Waals surface area contributed by atoms with E-state index in [1.807, 2.05) is 37.3 Å². The van der Waals surface area contributed by atoms with Gasteiger partial charge in [0.05, 0.1) is 12.6 Å². The van der Waals surface area contributed by atoms with E-state index < -0.39 is 6.43 Å². The van der Waals surface area contributed by atoms with Gasteiger partial charge in [-0.25, -0.2) is 8.78 Å². The molecular formula is C27H31F2NO3. The number of nitrogens with zero attached hydrogens (tertiary/aromatic N) is 1. The maximum Gasteiger partial charge on any atom is 0.263 e. The van der Waals surface area contributed by atoms with E-state index in [2.05, 4.69) is 0 Å². The second-order valence-corrected chi connectivity index (χ2v) is 9.39. The van der Waals surface area contributed by atoms with Crippen LogP contribution < -0.4 is 4.74 Å². The van der Waals surface area contributed by atoms with Gasteiger partial charge in [0, 0.05) is 29.9 Å². The SMILES string of the molecule is CCC(c1ccccc1)N(C(C)=O)C(=O)C[C@H]1CC[C@@]2(CC1)COc1cc(C(F)F)ccc12. The molecule has 1 spiro atoms. The highest BCUT2D eigenvalue weighted by molar-refractivity contribution is 5.94. The van der Waals surface area contributed by atoms with Gasteiger partial charge in [0.15, 0.2) is 0 Å². The van der Waals surface area contributed by atoms with Crippen molar-refractivity contribution in [1.82, 2.24) is 4.90 Å². The lowest BCUT2D eigenvalue weighted by Gasteiger charge is -2.37. The van der Waals surface area contributed by atoms with Gasteiger partial charge in [-0.2, -0.15) is 0 Å². The Balaban J connectivity index is 1.43. The van der Waals surface area contributed by atoms with E-state index in [9.17, 15) is 18.4 Å². The van der Waals surface area contributed by atoms with Crippen molar-refractivity contribution in [2.24, 2.45) is 5.92 Å². The number of benzene rings is 2. The summed E-state index contributed by atoms with van der Waals surface area (Å²) in [6.07, 6.45) is 1.89. The molecule has 6 heteroatoms. The minimum Gasteiger partial charge on any atom is -0.492 e. The largest absolute Gasteiger partial charge is 0.492 e. The second kappa shape index (κ2) is 9.62. The molecular weight excluding hydrogens is 424 g/mol. The molecule has 2 aliphatic rings. The summed E-state index contributed by atoms with van der Waals surface area (Å²) in [6.45, 7) is 3.95. The quantitative estimate of drug-likeness (QED) is 0.509. The third kappa shape index (κ3) is 4.66. The summed E-state index contributed by atoms with van der Waals surface area (Å²) in [5.74, 6) is 0.418. The summed E-state index contributed by atoms with van der Waals surface area (Å²) >= 11 is 0. The van der Waals surface area contributed by atoms with Gasteiger partial charge in [-0.15, -0.1) is 0 Å². The number of fused-ring (bicyclic) bond motifs is 2. The van der Waals surface area contributed by atoms with Crippen molar-refractivity contribution in [3.8, 4) is 5.75 Å². The van der Waals surface area contributed by atoms with E-state index >= 15 is 0 Å². The predicted octanol–water partition coefficient (Wildman–Crippen LogP) is 6.36. The van der Waals surface area contributed by atoms with Gasteiger partial charge in [-0.05, 0) is 49.7 Å². The zero-order valence-corrected chi connectivity index (χ0v) is 19.2. The summed E-state index contributed by atoms with van der Waals surface area (Å²) in [7, 11) is 0. The molecule has 33 heavy (non-hydrogen) atoms. The molecule has 0 bridgehead atoms. The number of imide groups is 1. The van der Waals surface area contributed by atoms with Crippen LogP contribution in [0.2, 0.25) is 0 Å². The van der Waals surface area contributed by atoms with Crippen LogP contribution in [0.25, 0.3) is 0 Å². The molecule has 1 unspecified atom stereocenters. The maximum absolute atomic E-state index is 13.2. The molecule has 1 aliphatic carbocycles. The summed E-state index contributed by atoms with van der Waals surface area (Å²) in [5, 5.41) is 0. The number of halogens is 2. The first-order chi connectivity index (χ1) is 15.8. The number of ether oxygens (including phenoxy) is 1. The molecule has 0 N–H and O–H groups in total. The van der Waals surface area contributed by atoms with Crippen LogP contribution in [-0.2, 0) is 15.0 Å². The zero-order valence-electron chi connectivity index (χ0n) is 19.2. The first kappa shape index (κ1) is 23.4. The standard InChI is InChI=1S/C27H31F2NO3/c1-3-23(20-7-5-4-6-8-20)30(18(2)31)25(32)15-19-11-13-27(14-12-19)17-33-24-16-21(26(28)29)9-10-22(24)27/h4-10,16,19,23,26H,3,11-15,17H2,1-2H3/t19-,23?,27+. The van der Waals surface area contributed by atoms with Crippen LogP contribution in [0.1, 0.15) is 81.5 Å². The maximum atomic E-state index is 13.2. The molecule has 4 nitrogen and oxygen atoms in total. The Hall–Kier alpha value is -2.76. The fourth-order valence-electron chi connectivity index (χ4n) is 5.53. The molecule has 1 aliphatic heterocycles. The lowest BCUT2D eigenvalue weighted by molar-refractivity contribution is -0.147. The van der Waals surface area contributed by atoms with Gasteiger partial charge in [-0.1, -0.05) is 49.4 Å².